The van der Waals surface area contributed by atoms with E-state index in [1.54, 1.807) is 11.3 Å². The summed E-state index contributed by atoms with van der Waals surface area (Å²) >= 11 is 1.61. The van der Waals surface area contributed by atoms with E-state index in [2.05, 4.69) is 15.2 Å². The Labute approximate surface area is 155 Å². The summed E-state index contributed by atoms with van der Waals surface area (Å²) in [5, 5.41) is 16.3. The van der Waals surface area contributed by atoms with Crippen molar-refractivity contribution in [1.29, 1.82) is 0 Å². The quantitative estimate of drug-likeness (QED) is 0.831. The molecule has 1 aliphatic rings. The minimum absolute atomic E-state index is 0.125. The number of rotatable bonds is 5. The lowest BCUT2D eigenvalue weighted by molar-refractivity contribution is 0.0345. The van der Waals surface area contributed by atoms with E-state index >= 15 is 0 Å². The van der Waals surface area contributed by atoms with Crippen molar-refractivity contribution < 1.29 is 19.0 Å². The summed E-state index contributed by atoms with van der Waals surface area (Å²) in [6, 6.07) is 3.41. The molecule has 8 heteroatoms. The second-order valence-corrected chi connectivity index (χ2v) is 7.44. The standard InChI is InChI=1S/C18H22FN3O3S/c1-11-20-13(10-26-11)8-22-6-5-15(16(23)9-22)21-18(24)14-7-12(19)3-4-17(14)25-2/h3-4,7,10,15-16,23H,5-6,8-9H2,1-2H3,(H,21,24)/t15-,16-/m1/s1. The molecule has 1 aromatic heterocycles. The van der Waals surface area contributed by atoms with Gasteiger partial charge in [0.1, 0.15) is 11.6 Å². The lowest BCUT2D eigenvalue weighted by Crippen LogP contribution is -2.53. The van der Waals surface area contributed by atoms with E-state index in [1.807, 2.05) is 12.3 Å². The molecule has 0 unspecified atom stereocenters. The number of amides is 1. The van der Waals surface area contributed by atoms with Crippen molar-refractivity contribution in [1.82, 2.24) is 15.2 Å². The second-order valence-electron chi connectivity index (χ2n) is 6.37. The SMILES string of the molecule is COc1ccc(F)cc1C(=O)N[C@@H]1CCN(Cc2csc(C)n2)C[C@H]1O. The van der Waals surface area contributed by atoms with Gasteiger partial charge in [0.25, 0.3) is 5.91 Å². The summed E-state index contributed by atoms with van der Waals surface area (Å²) in [6.07, 6.45) is -0.0970. The molecule has 0 aliphatic carbocycles. The molecule has 3 rings (SSSR count). The van der Waals surface area contributed by atoms with Gasteiger partial charge >= 0.3 is 0 Å². The Balaban J connectivity index is 1.59. The molecule has 1 aromatic carbocycles. The van der Waals surface area contributed by atoms with Crippen LogP contribution in [-0.4, -0.2) is 53.2 Å². The van der Waals surface area contributed by atoms with Gasteiger partial charge in [-0.1, -0.05) is 0 Å². The Morgan fingerprint density at radius 2 is 2.35 bits per heavy atom. The van der Waals surface area contributed by atoms with Crippen LogP contribution in [0.4, 0.5) is 4.39 Å². The Morgan fingerprint density at radius 1 is 1.54 bits per heavy atom. The third kappa shape index (κ3) is 4.38. The molecule has 0 bridgehead atoms. The number of methoxy groups -OCH3 is 1. The molecule has 1 saturated heterocycles. The Hall–Kier alpha value is -2.03. The number of piperidine rings is 1. The van der Waals surface area contributed by atoms with E-state index in [0.29, 0.717) is 25.3 Å². The fourth-order valence-electron chi connectivity index (χ4n) is 3.12. The molecule has 1 fully saturated rings. The maximum absolute atomic E-state index is 13.5. The van der Waals surface area contributed by atoms with Crippen molar-refractivity contribution in [2.45, 2.75) is 32.0 Å². The van der Waals surface area contributed by atoms with Crippen molar-refractivity contribution >= 4 is 17.2 Å². The van der Waals surface area contributed by atoms with Crippen molar-refractivity contribution in [3.8, 4) is 5.75 Å². The van der Waals surface area contributed by atoms with E-state index < -0.39 is 17.8 Å². The van der Waals surface area contributed by atoms with Crippen molar-refractivity contribution in [2.75, 3.05) is 20.2 Å². The van der Waals surface area contributed by atoms with Gasteiger partial charge in [0.05, 0.1) is 35.5 Å². The Kier molecular flexibility index (Phi) is 5.85. The van der Waals surface area contributed by atoms with Crippen molar-refractivity contribution in [2.24, 2.45) is 0 Å². The smallest absolute Gasteiger partial charge is 0.255 e. The maximum Gasteiger partial charge on any atom is 0.255 e. The number of aliphatic hydroxyl groups excluding tert-OH is 1. The van der Waals surface area contributed by atoms with Crippen LogP contribution in [0.15, 0.2) is 23.6 Å². The predicted molar refractivity (Wildman–Crippen MR) is 97.0 cm³/mol. The molecule has 2 heterocycles. The number of aromatic nitrogens is 1. The van der Waals surface area contributed by atoms with Gasteiger partial charge < -0.3 is 15.2 Å². The number of benzene rings is 1. The molecular weight excluding hydrogens is 357 g/mol. The summed E-state index contributed by atoms with van der Waals surface area (Å²) in [6.45, 7) is 3.83. The number of ether oxygens (including phenoxy) is 1. The molecule has 1 aliphatic heterocycles. The fraction of sp³-hybridized carbons (Fsp3) is 0.444. The highest BCUT2D eigenvalue weighted by Crippen LogP contribution is 2.21. The number of carbonyl (C=O) groups is 1. The van der Waals surface area contributed by atoms with Crippen LogP contribution in [0.2, 0.25) is 0 Å². The van der Waals surface area contributed by atoms with E-state index in [-0.39, 0.29) is 11.6 Å². The topological polar surface area (TPSA) is 74.7 Å². The number of halogens is 1. The summed E-state index contributed by atoms with van der Waals surface area (Å²) in [5.74, 6) is -0.659. The van der Waals surface area contributed by atoms with Crippen molar-refractivity contribution in [3.63, 3.8) is 0 Å². The number of carbonyl (C=O) groups excluding carboxylic acids is 1. The molecule has 2 N–H and O–H groups in total. The summed E-state index contributed by atoms with van der Waals surface area (Å²) < 4.78 is 18.6. The molecule has 2 aromatic rings. The summed E-state index contributed by atoms with van der Waals surface area (Å²) in [5.41, 5.74) is 1.12. The zero-order valence-corrected chi connectivity index (χ0v) is 15.6. The first-order valence-corrected chi connectivity index (χ1v) is 9.30. The van der Waals surface area contributed by atoms with Gasteiger partial charge in [-0.15, -0.1) is 11.3 Å². The Morgan fingerprint density at radius 3 is 3.00 bits per heavy atom. The van der Waals surface area contributed by atoms with Gasteiger partial charge in [-0.3, -0.25) is 9.69 Å². The van der Waals surface area contributed by atoms with Crippen LogP contribution in [-0.2, 0) is 6.54 Å². The first-order chi connectivity index (χ1) is 12.5. The van der Waals surface area contributed by atoms with Crippen molar-refractivity contribution in [3.05, 3.63) is 45.7 Å². The van der Waals surface area contributed by atoms with Gasteiger partial charge in [0, 0.05) is 25.0 Å². The first kappa shape index (κ1) is 18.8. The molecule has 6 nitrogen and oxygen atoms in total. The number of nitrogens with zero attached hydrogens (tertiary/aromatic N) is 2. The zero-order chi connectivity index (χ0) is 18.7. The molecule has 0 radical (unpaired) electrons. The minimum atomic E-state index is -0.702. The minimum Gasteiger partial charge on any atom is -0.496 e. The predicted octanol–water partition coefficient (Wildman–Crippen LogP) is 1.96. The average Bonchev–Trinajstić information content (AvgIpc) is 3.02. The highest BCUT2D eigenvalue weighted by atomic mass is 32.1. The number of thiazole rings is 1. The van der Waals surface area contributed by atoms with E-state index in [0.717, 1.165) is 23.3 Å². The maximum atomic E-state index is 13.5. The van der Waals surface area contributed by atoms with Gasteiger partial charge in [-0.05, 0) is 31.5 Å². The van der Waals surface area contributed by atoms with Crippen LogP contribution in [0.1, 0.15) is 27.5 Å². The largest absolute Gasteiger partial charge is 0.496 e. The number of likely N-dealkylation sites (tertiary alicyclic amines) is 1. The highest BCUT2D eigenvalue weighted by molar-refractivity contribution is 7.09. The summed E-state index contributed by atoms with van der Waals surface area (Å²) in [7, 11) is 1.43. The number of hydrogen-bond donors (Lipinski definition) is 2. The van der Waals surface area contributed by atoms with Crippen LogP contribution < -0.4 is 10.1 Å². The molecule has 1 amide bonds. The van der Waals surface area contributed by atoms with Crippen LogP contribution in [0, 0.1) is 12.7 Å². The van der Waals surface area contributed by atoms with E-state index in [9.17, 15) is 14.3 Å². The molecule has 2 atom stereocenters. The number of aliphatic hydroxyl groups is 1. The third-order valence-corrected chi connectivity index (χ3v) is 5.26. The van der Waals surface area contributed by atoms with Crippen LogP contribution in [0.3, 0.4) is 0 Å². The van der Waals surface area contributed by atoms with Gasteiger partial charge in [0.15, 0.2) is 0 Å². The normalized spacial score (nSPS) is 20.8. The molecule has 0 spiro atoms. The van der Waals surface area contributed by atoms with Gasteiger partial charge in [-0.25, -0.2) is 9.37 Å². The summed E-state index contributed by atoms with van der Waals surface area (Å²) in [4.78, 5) is 19.0. The molecule has 0 saturated carbocycles. The number of nitrogens with one attached hydrogen (secondary N) is 1. The van der Waals surface area contributed by atoms with Crippen LogP contribution >= 0.6 is 11.3 Å². The molecule has 140 valence electrons. The first-order valence-electron chi connectivity index (χ1n) is 8.42. The number of hydrogen-bond acceptors (Lipinski definition) is 6. The Bertz CT molecular complexity index is 783. The lowest BCUT2D eigenvalue weighted by atomic mass is 10.0. The molecular formula is C18H22FN3O3S. The van der Waals surface area contributed by atoms with Crippen LogP contribution in [0.25, 0.3) is 0 Å². The second kappa shape index (κ2) is 8.11. The lowest BCUT2D eigenvalue weighted by Gasteiger charge is -2.36. The van der Waals surface area contributed by atoms with Gasteiger partial charge in [0.2, 0.25) is 0 Å². The average molecular weight is 379 g/mol. The monoisotopic (exact) mass is 379 g/mol. The zero-order valence-electron chi connectivity index (χ0n) is 14.7. The van der Waals surface area contributed by atoms with Gasteiger partial charge in [-0.2, -0.15) is 0 Å². The fourth-order valence-corrected chi connectivity index (χ4v) is 3.73. The highest BCUT2D eigenvalue weighted by Gasteiger charge is 2.30. The van der Waals surface area contributed by atoms with E-state index in [1.165, 1.54) is 19.2 Å². The molecule has 26 heavy (non-hydrogen) atoms. The third-order valence-electron chi connectivity index (χ3n) is 4.44. The van der Waals surface area contributed by atoms with Crippen LogP contribution in [0.5, 0.6) is 5.75 Å². The number of β-amino-alcohol motifs (C(OH)–C–C–N with tert-alkyl or cyclic N) is 1. The van der Waals surface area contributed by atoms with E-state index in [4.69, 9.17) is 4.74 Å². The number of aryl methyl sites for hydroxylation is 1.